The fourth-order valence-corrected chi connectivity index (χ4v) is 3.10. The van der Waals surface area contributed by atoms with Crippen LogP contribution in [0.2, 0.25) is 0 Å². The third-order valence-electron chi connectivity index (χ3n) is 4.24. The summed E-state index contributed by atoms with van der Waals surface area (Å²) in [4.78, 5) is 6.42. The minimum atomic E-state index is -0.811. The van der Waals surface area contributed by atoms with E-state index in [1.807, 2.05) is 0 Å². The summed E-state index contributed by atoms with van der Waals surface area (Å²) in [6.45, 7) is 2.17. The molecule has 1 fully saturated rings. The van der Waals surface area contributed by atoms with Crippen molar-refractivity contribution in [2.75, 3.05) is 19.8 Å². The van der Waals surface area contributed by atoms with E-state index in [-0.39, 0.29) is 6.54 Å². The normalized spacial score (nSPS) is 18.7. The molecule has 0 radical (unpaired) electrons. The molecule has 0 unspecified atom stereocenters. The second kappa shape index (κ2) is 7.12. The Labute approximate surface area is 132 Å². The van der Waals surface area contributed by atoms with Gasteiger partial charge < -0.3 is 0 Å². The molecule has 1 saturated heterocycles. The molecule has 0 saturated carbocycles. The van der Waals surface area contributed by atoms with Crippen LogP contribution in [0.4, 0.5) is 13.2 Å². The third-order valence-corrected chi connectivity index (χ3v) is 4.24. The molecule has 1 aliphatic rings. The van der Waals surface area contributed by atoms with E-state index in [0.717, 1.165) is 37.3 Å². The Hall–Kier alpha value is -1.89. The zero-order valence-electron chi connectivity index (χ0n) is 12.8. The van der Waals surface area contributed by atoms with Gasteiger partial charge in [0.2, 0.25) is 0 Å². The highest BCUT2D eigenvalue weighted by Crippen LogP contribution is 2.23. The molecular weight excluding hydrogens is 305 g/mol. The molecule has 3 rings (SSSR count). The highest BCUT2D eigenvalue weighted by Gasteiger charge is 2.24. The number of aromatic nitrogens is 3. The highest BCUT2D eigenvalue weighted by molar-refractivity contribution is 5.18. The Morgan fingerprint density at radius 2 is 2.09 bits per heavy atom. The molecule has 1 aromatic carbocycles. The van der Waals surface area contributed by atoms with Gasteiger partial charge in [-0.05, 0) is 43.0 Å². The topological polar surface area (TPSA) is 34.0 Å². The number of hydrogen-bond acceptors (Lipinski definition) is 3. The smallest absolute Gasteiger partial charge is 0.159 e. The van der Waals surface area contributed by atoms with Crippen LogP contribution in [0.15, 0.2) is 24.5 Å². The second-order valence-corrected chi connectivity index (χ2v) is 5.93. The molecule has 0 aliphatic carbocycles. The maximum atomic E-state index is 13.3. The van der Waals surface area contributed by atoms with Gasteiger partial charge in [-0.15, -0.1) is 0 Å². The molecule has 1 atom stereocenters. The quantitative estimate of drug-likeness (QED) is 0.819. The number of nitrogens with zero attached hydrogens (tertiary/aromatic N) is 4. The average molecular weight is 324 g/mol. The van der Waals surface area contributed by atoms with Crippen LogP contribution in [-0.2, 0) is 19.5 Å². The Bertz CT molecular complexity index is 659. The van der Waals surface area contributed by atoms with Gasteiger partial charge in [0.25, 0.3) is 0 Å². The lowest BCUT2D eigenvalue weighted by atomic mass is 9.98. The van der Waals surface area contributed by atoms with E-state index >= 15 is 0 Å². The van der Waals surface area contributed by atoms with E-state index < -0.39 is 18.3 Å². The van der Waals surface area contributed by atoms with Crippen LogP contribution in [0.3, 0.4) is 0 Å². The fourth-order valence-electron chi connectivity index (χ4n) is 3.10. The van der Waals surface area contributed by atoms with Crippen LogP contribution in [0.5, 0.6) is 0 Å². The van der Waals surface area contributed by atoms with Gasteiger partial charge in [0.1, 0.15) is 18.8 Å². The van der Waals surface area contributed by atoms with E-state index in [0.29, 0.717) is 12.5 Å². The van der Waals surface area contributed by atoms with Crippen LogP contribution in [0, 0.1) is 17.6 Å². The van der Waals surface area contributed by atoms with Gasteiger partial charge in [-0.25, -0.2) is 22.8 Å². The van der Waals surface area contributed by atoms with Gasteiger partial charge in [0.05, 0.1) is 13.1 Å². The van der Waals surface area contributed by atoms with E-state index in [4.69, 9.17) is 0 Å². The SMILES string of the molecule is FCCn1ncnc1CN1CC[C@@H](Cc2ccc(F)c(F)c2)C1. The number of alkyl halides is 1. The fraction of sp³-hybridized carbons (Fsp3) is 0.500. The van der Waals surface area contributed by atoms with E-state index in [1.165, 1.54) is 18.5 Å². The van der Waals surface area contributed by atoms with Crippen molar-refractivity contribution in [3.05, 3.63) is 47.5 Å². The summed E-state index contributed by atoms with van der Waals surface area (Å²) in [5.41, 5.74) is 0.816. The summed E-state index contributed by atoms with van der Waals surface area (Å²) in [5, 5.41) is 4.01. The summed E-state index contributed by atoms with van der Waals surface area (Å²) < 4.78 is 40.3. The van der Waals surface area contributed by atoms with Crippen molar-refractivity contribution in [2.45, 2.75) is 25.9 Å². The average Bonchev–Trinajstić information content (AvgIpc) is 3.14. The first kappa shape index (κ1) is 16.0. The zero-order chi connectivity index (χ0) is 16.2. The molecule has 4 nitrogen and oxygen atoms in total. The molecular formula is C16H19F3N4. The molecule has 124 valence electrons. The molecule has 2 heterocycles. The van der Waals surface area contributed by atoms with Gasteiger partial charge in [0.15, 0.2) is 11.6 Å². The predicted molar refractivity (Wildman–Crippen MR) is 79.4 cm³/mol. The summed E-state index contributed by atoms with van der Waals surface area (Å²) in [6, 6.07) is 4.09. The molecule has 0 amide bonds. The van der Waals surface area contributed by atoms with Gasteiger partial charge in [-0.1, -0.05) is 6.07 Å². The van der Waals surface area contributed by atoms with Crippen molar-refractivity contribution in [3.8, 4) is 0 Å². The summed E-state index contributed by atoms with van der Waals surface area (Å²) in [7, 11) is 0. The Kier molecular flexibility index (Phi) is 4.95. The van der Waals surface area contributed by atoms with Crippen LogP contribution in [0.1, 0.15) is 17.8 Å². The lowest BCUT2D eigenvalue weighted by Gasteiger charge is -2.16. The molecule has 2 aromatic rings. The number of halogens is 3. The van der Waals surface area contributed by atoms with Crippen molar-refractivity contribution < 1.29 is 13.2 Å². The number of benzene rings is 1. The Balaban J connectivity index is 1.55. The van der Waals surface area contributed by atoms with Crippen molar-refractivity contribution in [2.24, 2.45) is 5.92 Å². The van der Waals surface area contributed by atoms with Crippen molar-refractivity contribution >= 4 is 0 Å². The maximum absolute atomic E-state index is 13.3. The summed E-state index contributed by atoms with van der Waals surface area (Å²) in [6.07, 6.45) is 3.17. The van der Waals surface area contributed by atoms with Crippen LogP contribution in [-0.4, -0.2) is 39.4 Å². The Morgan fingerprint density at radius 1 is 1.22 bits per heavy atom. The highest BCUT2D eigenvalue weighted by atomic mass is 19.2. The van der Waals surface area contributed by atoms with Gasteiger partial charge in [-0.3, -0.25) is 4.90 Å². The minimum absolute atomic E-state index is 0.224. The Morgan fingerprint density at radius 3 is 2.87 bits per heavy atom. The van der Waals surface area contributed by atoms with Gasteiger partial charge >= 0.3 is 0 Å². The first-order chi connectivity index (χ1) is 11.2. The summed E-state index contributed by atoms with van der Waals surface area (Å²) in [5.74, 6) is -0.445. The van der Waals surface area contributed by atoms with E-state index in [1.54, 1.807) is 10.7 Å². The molecule has 7 heteroatoms. The molecule has 0 N–H and O–H groups in total. The zero-order valence-corrected chi connectivity index (χ0v) is 12.8. The first-order valence-electron chi connectivity index (χ1n) is 7.74. The minimum Gasteiger partial charge on any atom is -0.296 e. The van der Waals surface area contributed by atoms with Crippen LogP contribution < -0.4 is 0 Å². The molecule has 0 bridgehead atoms. The second-order valence-electron chi connectivity index (χ2n) is 5.93. The van der Waals surface area contributed by atoms with E-state index in [9.17, 15) is 13.2 Å². The van der Waals surface area contributed by atoms with Crippen molar-refractivity contribution in [1.29, 1.82) is 0 Å². The number of rotatable bonds is 6. The molecule has 0 spiro atoms. The first-order valence-corrected chi connectivity index (χ1v) is 7.74. The maximum Gasteiger partial charge on any atom is 0.159 e. The molecule has 23 heavy (non-hydrogen) atoms. The third kappa shape index (κ3) is 3.90. The van der Waals surface area contributed by atoms with Crippen LogP contribution in [0.25, 0.3) is 0 Å². The van der Waals surface area contributed by atoms with Crippen LogP contribution >= 0.6 is 0 Å². The van der Waals surface area contributed by atoms with Crippen molar-refractivity contribution in [3.63, 3.8) is 0 Å². The summed E-state index contributed by atoms with van der Waals surface area (Å²) >= 11 is 0. The number of aryl methyl sites for hydroxylation is 1. The largest absolute Gasteiger partial charge is 0.296 e. The standard InChI is InChI=1S/C16H19F3N4/c17-4-6-23-16(20-11-21-23)10-22-5-3-13(9-22)7-12-1-2-14(18)15(19)8-12/h1-2,8,11,13H,3-7,9-10H2/t13-/m0/s1. The molecule has 1 aliphatic heterocycles. The van der Waals surface area contributed by atoms with Crippen molar-refractivity contribution in [1.82, 2.24) is 19.7 Å². The van der Waals surface area contributed by atoms with Gasteiger partial charge in [-0.2, -0.15) is 5.10 Å². The lowest BCUT2D eigenvalue weighted by Crippen LogP contribution is -2.23. The van der Waals surface area contributed by atoms with E-state index in [2.05, 4.69) is 15.0 Å². The lowest BCUT2D eigenvalue weighted by molar-refractivity contribution is 0.296. The van der Waals surface area contributed by atoms with Gasteiger partial charge in [0, 0.05) is 6.54 Å². The monoisotopic (exact) mass is 324 g/mol. The molecule has 1 aromatic heterocycles. The number of likely N-dealkylation sites (tertiary alicyclic amines) is 1. The predicted octanol–water partition coefficient (Wildman–Crippen LogP) is 2.59. The number of hydrogen-bond donors (Lipinski definition) is 0.